The second-order valence-electron chi connectivity index (χ2n) is 3.79. The molecule has 0 saturated carbocycles. The number of rotatable bonds is 2. The van der Waals surface area contributed by atoms with Crippen LogP contribution in [0.5, 0.6) is 0 Å². The summed E-state index contributed by atoms with van der Waals surface area (Å²) < 4.78 is 1.86. The molecular weight excluding hydrogens is 198 g/mol. The predicted octanol–water partition coefficient (Wildman–Crippen LogP) is 2.58. The molecule has 0 atom stereocenters. The average Bonchev–Trinajstić information content (AvgIpc) is 2.47. The van der Waals surface area contributed by atoms with Gasteiger partial charge in [0, 0.05) is 5.69 Å². The largest absolute Gasteiger partial charge is 0.241 e. The van der Waals surface area contributed by atoms with Crippen molar-refractivity contribution in [3.05, 3.63) is 29.3 Å². The lowest BCUT2D eigenvalue weighted by Crippen LogP contribution is -2.02. The fourth-order valence-corrected chi connectivity index (χ4v) is 1.63. The monoisotopic (exact) mass is 209 g/mol. The van der Waals surface area contributed by atoms with Crippen LogP contribution in [0, 0.1) is 5.92 Å². The maximum atomic E-state index is 5.74. The summed E-state index contributed by atoms with van der Waals surface area (Å²) in [4.78, 5) is 3.93. The zero-order valence-electron chi connectivity index (χ0n) is 8.24. The van der Waals surface area contributed by atoms with E-state index in [1.165, 1.54) is 5.69 Å². The third-order valence-corrected chi connectivity index (χ3v) is 2.24. The van der Waals surface area contributed by atoms with Crippen LogP contribution in [0.4, 0.5) is 0 Å². The molecule has 14 heavy (non-hydrogen) atoms. The fraction of sp³-hybridized carbons (Fsp3) is 0.400. The van der Waals surface area contributed by atoms with Gasteiger partial charge in [-0.05, 0) is 36.1 Å². The van der Waals surface area contributed by atoms with E-state index in [2.05, 4.69) is 30.0 Å². The van der Waals surface area contributed by atoms with Crippen molar-refractivity contribution in [3.63, 3.8) is 0 Å². The number of halogens is 1. The summed E-state index contributed by atoms with van der Waals surface area (Å²) in [7, 11) is 0. The normalized spacial score (nSPS) is 11.4. The molecule has 2 heterocycles. The number of hydrogen-bond acceptors (Lipinski definition) is 2. The van der Waals surface area contributed by atoms with Gasteiger partial charge in [-0.25, -0.2) is 9.50 Å². The van der Waals surface area contributed by atoms with E-state index in [1.54, 1.807) is 6.20 Å². The number of fused-ring (bicyclic) bond motifs is 1. The van der Waals surface area contributed by atoms with E-state index in [-0.39, 0.29) is 0 Å². The molecule has 3 nitrogen and oxygen atoms in total. The Hall–Kier alpha value is -1.09. The summed E-state index contributed by atoms with van der Waals surface area (Å²) in [5.74, 6) is 0.613. The minimum atomic E-state index is 0.290. The van der Waals surface area contributed by atoms with Crippen LogP contribution < -0.4 is 0 Å². The third-order valence-electron chi connectivity index (χ3n) is 2.07. The Labute approximate surface area is 87.7 Å². The predicted molar refractivity (Wildman–Crippen MR) is 56.5 cm³/mol. The summed E-state index contributed by atoms with van der Waals surface area (Å²) in [6.45, 7) is 4.37. The SMILES string of the molecule is CC(C)Cc1ccc2cnc(Cl)nn12. The lowest BCUT2D eigenvalue weighted by Gasteiger charge is -2.04. The zero-order chi connectivity index (χ0) is 10.1. The number of aromatic nitrogens is 3. The van der Waals surface area contributed by atoms with Crippen molar-refractivity contribution < 1.29 is 0 Å². The van der Waals surface area contributed by atoms with Crippen molar-refractivity contribution in [1.82, 2.24) is 14.6 Å². The summed E-state index contributed by atoms with van der Waals surface area (Å²) >= 11 is 5.74. The van der Waals surface area contributed by atoms with E-state index in [4.69, 9.17) is 11.6 Å². The Morgan fingerprint density at radius 1 is 1.43 bits per heavy atom. The molecule has 2 rings (SSSR count). The minimum absolute atomic E-state index is 0.290. The van der Waals surface area contributed by atoms with Crippen LogP contribution in [-0.4, -0.2) is 14.6 Å². The van der Waals surface area contributed by atoms with Crippen molar-refractivity contribution in [2.24, 2.45) is 5.92 Å². The first-order valence-electron chi connectivity index (χ1n) is 4.66. The highest BCUT2D eigenvalue weighted by atomic mass is 35.5. The van der Waals surface area contributed by atoms with Crippen LogP contribution >= 0.6 is 11.6 Å². The van der Waals surface area contributed by atoms with Gasteiger partial charge in [-0.3, -0.25) is 0 Å². The average molecular weight is 210 g/mol. The zero-order valence-corrected chi connectivity index (χ0v) is 8.99. The Kier molecular flexibility index (Phi) is 2.42. The molecule has 0 saturated heterocycles. The fourth-order valence-electron chi connectivity index (χ4n) is 1.51. The molecule has 2 aromatic rings. The quantitative estimate of drug-likeness (QED) is 0.761. The number of hydrogen-bond donors (Lipinski definition) is 0. The van der Waals surface area contributed by atoms with Crippen LogP contribution in [0.2, 0.25) is 5.28 Å². The summed E-state index contributed by atoms with van der Waals surface area (Å²) in [6.07, 6.45) is 2.74. The van der Waals surface area contributed by atoms with Crippen molar-refractivity contribution in [3.8, 4) is 0 Å². The van der Waals surface area contributed by atoms with Gasteiger partial charge in [0.2, 0.25) is 5.28 Å². The summed E-state index contributed by atoms with van der Waals surface area (Å²) in [5.41, 5.74) is 2.17. The minimum Gasteiger partial charge on any atom is -0.233 e. The van der Waals surface area contributed by atoms with Gasteiger partial charge in [0.25, 0.3) is 0 Å². The molecular formula is C10H12ClN3. The molecule has 4 heteroatoms. The third kappa shape index (κ3) is 1.73. The first-order chi connectivity index (χ1) is 6.66. The van der Waals surface area contributed by atoms with Gasteiger partial charge < -0.3 is 0 Å². The molecule has 74 valence electrons. The standard InChI is InChI=1S/C10H12ClN3/c1-7(2)5-8-3-4-9-6-12-10(11)13-14(8)9/h3-4,6-7H,5H2,1-2H3. The van der Waals surface area contributed by atoms with E-state index in [0.717, 1.165) is 11.9 Å². The second kappa shape index (κ2) is 3.58. The van der Waals surface area contributed by atoms with E-state index in [9.17, 15) is 0 Å². The molecule has 0 aliphatic heterocycles. The first-order valence-corrected chi connectivity index (χ1v) is 5.04. The van der Waals surface area contributed by atoms with Gasteiger partial charge in [0.1, 0.15) is 0 Å². The smallest absolute Gasteiger partial charge is 0.233 e. The molecule has 0 amide bonds. The molecule has 0 aromatic carbocycles. The molecule has 0 aliphatic carbocycles. The molecule has 0 spiro atoms. The summed E-state index contributed by atoms with van der Waals surface area (Å²) in [6, 6.07) is 4.08. The van der Waals surface area contributed by atoms with Crippen molar-refractivity contribution in [1.29, 1.82) is 0 Å². The highest BCUT2D eigenvalue weighted by Crippen LogP contribution is 2.13. The molecule has 0 fully saturated rings. The van der Waals surface area contributed by atoms with Crippen molar-refractivity contribution in [2.45, 2.75) is 20.3 Å². The van der Waals surface area contributed by atoms with Crippen LogP contribution in [0.15, 0.2) is 18.3 Å². The first kappa shape index (κ1) is 9.46. The van der Waals surface area contributed by atoms with E-state index in [0.29, 0.717) is 11.2 Å². The summed E-state index contributed by atoms with van der Waals surface area (Å²) in [5, 5.41) is 4.45. The Morgan fingerprint density at radius 2 is 2.21 bits per heavy atom. The van der Waals surface area contributed by atoms with Gasteiger partial charge in [-0.2, -0.15) is 0 Å². The molecule has 0 radical (unpaired) electrons. The lowest BCUT2D eigenvalue weighted by molar-refractivity contribution is 0.621. The van der Waals surface area contributed by atoms with E-state index >= 15 is 0 Å². The van der Waals surface area contributed by atoms with Crippen molar-refractivity contribution >= 4 is 17.1 Å². The Morgan fingerprint density at radius 3 is 2.93 bits per heavy atom. The highest BCUT2D eigenvalue weighted by Gasteiger charge is 2.05. The van der Waals surface area contributed by atoms with Gasteiger partial charge >= 0.3 is 0 Å². The maximum absolute atomic E-state index is 5.74. The molecule has 0 unspecified atom stereocenters. The van der Waals surface area contributed by atoms with Gasteiger partial charge in [0.15, 0.2) is 0 Å². The second-order valence-corrected chi connectivity index (χ2v) is 4.12. The van der Waals surface area contributed by atoms with E-state index in [1.807, 2.05) is 10.6 Å². The van der Waals surface area contributed by atoms with E-state index < -0.39 is 0 Å². The Bertz CT molecular complexity index is 448. The highest BCUT2D eigenvalue weighted by molar-refractivity contribution is 6.28. The van der Waals surface area contributed by atoms with Gasteiger partial charge in [-0.15, -0.1) is 5.10 Å². The molecule has 0 N–H and O–H groups in total. The molecule has 0 aliphatic rings. The number of nitrogens with zero attached hydrogens (tertiary/aromatic N) is 3. The topological polar surface area (TPSA) is 30.2 Å². The molecule has 2 aromatic heterocycles. The van der Waals surface area contributed by atoms with Crippen LogP contribution in [0.1, 0.15) is 19.5 Å². The molecule has 0 bridgehead atoms. The van der Waals surface area contributed by atoms with Gasteiger partial charge in [-0.1, -0.05) is 13.8 Å². The Balaban J connectivity index is 2.50. The van der Waals surface area contributed by atoms with Crippen molar-refractivity contribution in [2.75, 3.05) is 0 Å². The maximum Gasteiger partial charge on any atom is 0.241 e. The van der Waals surface area contributed by atoms with Crippen LogP contribution in [-0.2, 0) is 6.42 Å². The van der Waals surface area contributed by atoms with Crippen LogP contribution in [0.3, 0.4) is 0 Å². The van der Waals surface area contributed by atoms with Crippen LogP contribution in [0.25, 0.3) is 5.52 Å². The lowest BCUT2D eigenvalue weighted by atomic mass is 10.1. The van der Waals surface area contributed by atoms with Gasteiger partial charge in [0.05, 0.1) is 11.7 Å².